The highest BCUT2D eigenvalue weighted by molar-refractivity contribution is 5.89. The molecule has 1 saturated heterocycles. The van der Waals surface area contributed by atoms with Crippen molar-refractivity contribution in [2.24, 2.45) is 22.9 Å². The topological polar surface area (TPSA) is 74.6 Å². The van der Waals surface area contributed by atoms with E-state index in [2.05, 4.69) is 23.8 Å². The van der Waals surface area contributed by atoms with Crippen LogP contribution in [0.5, 0.6) is 11.5 Å². The molecule has 2 aliphatic heterocycles. The van der Waals surface area contributed by atoms with Gasteiger partial charge in [-0.2, -0.15) is 5.10 Å². The van der Waals surface area contributed by atoms with Crippen LogP contribution in [0.25, 0.3) is 0 Å². The first kappa shape index (κ1) is 26.8. The number of carboxylic acids is 1. The van der Waals surface area contributed by atoms with Crippen molar-refractivity contribution >= 4 is 23.1 Å². The molecule has 4 rings (SSSR count). The molecule has 1 N–H and O–H groups in total. The predicted molar refractivity (Wildman–Crippen MR) is 144 cm³/mol. The number of carbonyl (C=O) groups is 1. The summed E-state index contributed by atoms with van der Waals surface area (Å²) in [6, 6.07) is 12.5. The lowest BCUT2D eigenvalue weighted by atomic mass is 9.85. The highest BCUT2D eigenvalue weighted by atomic mass is 19.1. The van der Waals surface area contributed by atoms with Crippen molar-refractivity contribution in [3.8, 4) is 11.5 Å². The van der Waals surface area contributed by atoms with Gasteiger partial charge in [0.05, 0.1) is 30.4 Å². The van der Waals surface area contributed by atoms with Gasteiger partial charge in [0.15, 0.2) is 0 Å². The molecule has 0 radical (unpaired) electrons. The van der Waals surface area contributed by atoms with Crippen molar-refractivity contribution in [1.29, 1.82) is 0 Å². The summed E-state index contributed by atoms with van der Waals surface area (Å²) in [7, 11) is 0. The van der Waals surface area contributed by atoms with E-state index in [0.29, 0.717) is 37.1 Å². The molecule has 0 aromatic heterocycles. The summed E-state index contributed by atoms with van der Waals surface area (Å²) in [6.45, 7) is 12.2. The predicted octanol–water partition coefficient (Wildman–Crippen LogP) is 5.83. The maximum atomic E-state index is 14.7. The number of hydrogen-bond donors (Lipinski definition) is 1. The zero-order valence-electron chi connectivity index (χ0n) is 22.4. The molecule has 1 fully saturated rings. The van der Waals surface area contributed by atoms with Gasteiger partial charge >= 0.3 is 5.97 Å². The largest absolute Gasteiger partial charge is 0.494 e. The molecule has 2 aliphatic rings. The van der Waals surface area contributed by atoms with Crippen LogP contribution in [0, 0.1) is 23.6 Å². The fourth-order valence-electron chi connectivity index (χ4n) is 5.33. The Morgan fingerprint density at radius 2 is 1.89 bits per heavy atom. The molecule has 0 amide bonds. The number of hydrogen-bond acceptors (Lipinski definition) is 6. The van der Waals surface area contributed by atoms with E-state index in [9.17, 15) is 14.3 Å². The van der Waals surface area contributed by atoms with Gasteiger partial charge in [-0.05, 0) is 56.2 Å². The number of piperidine rings is 1. The lowest BCUT2D eigenvalue weighted by Gasteiger charge is -2.41. The Morgan fingerprint density at radius 1 is 1.19 bits per heavy atom. The van der Waals surface area contributed by atoms with E-state index in [1.54, 1.807) is 12.1 Å². The fourth-order valence-corrected chi connectivity index (χ4v) is 5.33. The van der Waals surface area contributed by atoms with Crippen LogP contribution in [-0.4, -0.2) is 48.6 Å². The SMILES string of the molecule is CCOc1ccc(F)c(N2CCC(Oc3ccc(N4N=C(C)C(C)C4CC(=O)O)cc3)C(C(C)C)C2)c1. The van der Waals surface area contributed by atoms with Gasteiger partial charge in [-0.3, -0.25) is 9.80 Å². The first-order valence-electron chi connectivity index (χ1n) is 13.2. The standard InChI is InChI=1S/C29H38FN3O4/c1-6-36-23-11-12-25(30)27(15-23)32-14-13-28(24(17-32)18(2)3)37-22-9-7-21(8-10-22)33-26(16-29(34)35)19(4)20(5)31-33/h7-12,15,18-19,24,26,28H,6,13-14,16-17H2,1-5H3,(H,34,35). The third-order valence-electron chi connectivity index (χ3n) is 7.61. The number of hydrazone groups is 1. The second-order valence-corrected chi connectivity index (χ2v) is 10.4. The van der Waals surface area contributed by atoms with Crippen LogP contribution in [0.4, 0.5) is 15.8 Å². The van der Waals surface area contributed by atoms with Crippen molar-refractivity contribution in [2.45, 2.75) is 59.6 Å². The van der Waals surface area contributed by atoms with Gasteiger partial charge < -0.3 is 19.5 Å². The zero-order valence-corrected chi connectivity index (χ0v) is 22.4. The van der Waals surface area contributed by atoms with E-state index in [1.165, 1.54) is 6.07 Å². The average Bonchev–Trinajstić information content (AvgIpc) is 3.14. The number of nitrogens with zero attached hydrogens (tertiary/aromatic N) is 3. The summed E-state index contributed by atoms with van der Waals surface area (Å²) in [6.07, 6.45) is 0.812. The van der Waals surface area contributed by atoms with Gasteiger partial charge in [0.1, 0.15) is 23.4 Å². The third-order valence-corrected chi connectivity index (χ3v) is 7.61. The summed E-state index contributed by atoms with van der Waals surface area (Å²) >= 11 is 0. The molecule has 200 valence electrons. The maximum absolute atomic E-state index is 14.7. The van der Waals surface area contributed by atoms with E-state index in [4.69, 9.17) is 9.47 Å². The molecule has 4 unspecified atom stereocenters. The third kappa shape index (κ3) is 6.00. The van der Waals surface area contributed by atoms with Crippen LogP contribution in [0.15, 0.2) is 47.6 Å². The number of anilines is 2. The normalized spacial score (nSPS) is 23.8. The van der Waals surface area contributed by atoms with Crippen molar-refractivity contribution in [3.05, 3.63) is 48.3 Å². The number of aliphatic carboxylic acids is 1. The van der Waals surface area contributed by atoms with Crippen LogP contribution in [0.2, 0.25) is 0 Å². The lowest BCUT2D eigenvalue weighted by Crippen LogP contribution is -2.48. The van der Waals surface area contributed by atoms with Gasteiger partial charge in [0.2, 0.25) is 0 Å². The maximum Gasteiger partial charge on any atom is 0.305 e. The first-order valence-corrected chi connectivity index (χ1v) is 13.2. The molecule has 0 bridgehead atoms. The van der Waals surface area contributed by atoms with E-state index < -0.39 is 5.97 Å². The molecule has 4 atom stereocenters. The molecule has 0 spiro atoms. The number of rotatable bonds is 9. The second kappa shape index (κ2) is 11.4. The van der Waals surface area contributed by atoms with Crippen LogP contribution in [0.1, 0.15) is 47.5 Å². The summed E-state index contributed by atoms with van der Waals surface area (Å²) in [5.41, 5.74) is 2.36. The molecule has 2 heterocycles. The monoisotopic (exact) mass is 511 g/mol. The van der Waals surface area contributed by atoms with E-state index in [-0.39, 0.29) is 36.2 Å². The van der Waals surface area contributed by atoms with Crippen molar-refractivity contribution in [1.82, 2.24) is 0 Å². The molecule has 0 saturated carbocycles. The Hall–Kier alpha value is -3.29. The Morgan fingerprint density at radius 3 is 2.54 bits per heavy atom. The van der Waals surface area contributed by atoms with Gasteiger partial charge in [-0.25, -0.2) is 4.39 Å². The number of halogens is 1. The smallest absolute Gasteiger partial charge is 0.305 e. The average molecular weight is 512 g/mol. The van der Waals surface area contributed by atoms with E-state index in [1.807, 2.05) is 50.0 Å². The van der Waals surface area contributed by atoms with Crippen LogP contribution < -0.4 is 19.4 Å². The summed E-state index contributed by atoms with van der Waals surface area (Å²) in [5.74, 6) is 1.01. The molecule has 37 heavy (non-hydrogen) atoms. The first-order chi connectivity index (χ1) is 17.7. The van der Waals surface area contributed by atoms with Gasteiger partial charge in [-0.15, -0.1) is 0 Å². The lowest BCUT2D eigenvalue weighted by molar-refractivity contribution is -0.137. The summed E-state index contributed by atoms with van der Waals surface area (Å²) in [4.78, 5) is 13.5. The molecular formula is C29H38FN3O4. The van der Waals surface area contributed by atoms with Crippen molar-refractivity contribution in [2.75, 3.05) is 29.6 Å². The van der Waals surface area contributed by atoms with Crippen LogP contribution in [-0.2, 0) is 4.79 Å². The number of ether oxygens (including phenoxy) is 2. The van der Waals surface area contributed by atoms with E-state index in [0.717, 1.165) is 23.6 Å². The number of benzene rings is 2. The molecule has 2 aromatic carbocycles. The summed E-state index contributed by atoms with van der Waals surface area (Å²) < 4.78 is 26.8. The second-order valence-electron chi connectivity index (χ2n) is 10.4. The van der Waals surface area contributed by atoms with Crippen molar-refractivity contribution < 1.29 is 23.8 Å². The molecule has 8 heteroatoms. The Labute approximate surface area is 218 Å². The molecular weight excluding hydrogens is 473 g/mol. The minimum absolute atomic E-state index is 0.00655. The summed E-state index contributed by atoms with van der Waals surface area (Å²) in [5, 5.41) is 15.8. The highest BCUT2D eigenvalue weighted by Gasteiger charge is 2.36. The fraction of sp³-hybridized carbons (Fsp3) is 0.517. The highest BCUT2D eigenvalue weighted by Crippen LogP contribution is 2.35. The Kier molecular flexibility index (Phi) is 8.25. The minimum Gasteiger partial charge on any atom is -0.494 e. The van der Waals surface area contributed by atoms with Gasteiger partial charge in [-0.1, -0.05) is 20.8 Å². The minimum atomic E-state index is -0.831. The quantitative estimate of drug-likeness (QED) is 0.457. The molecule has 2 aromatic rings. The number of carboxylic acid groups (broad SMARTS) is 1. The van der Waals surface area contributed by atoms with Gasteiger partial charge in [0.25, 0.3) is 0 Å². The van der Waals surface area contributed by atoms with Crippen LogP contribution in [0.3, 0.4) is 0 Å². The van der Waals surface area contributed by atoms with Gasteiger partial charge in [0, 0.05) is 43.1 Å². The van der Waals surface area contributed by atoms with E-state index >= 15 is 0 Å². The Bertz CT molecular complexity index is 1120. The van der Waals surface area contributed by atoms with Crippen molar-refractivity contribution in [3.63, 3.8) is 0 Å². The zero-order chi connectivity index (χ0) is 26.7. The van der Waals surface area contributed by atoms with Crippen LogP contribution >= 0.6 is 0 Å². The Balaban J connectivity index is 1.46. The molecule has 7 nitrogen and oxygen atoms in total. The molecule has 0 aliphatic carbocycles.